The number of benzene rings is 1. The van der Waals surface area contributed by atoms with Crippen LogP contribution in [0.4, 0.5) is 5.69 Å². The highest BCUT2D eigenvalue weighted by Gasteiger charge is 2.26. The Bertz CT molecular complexity index is 478. The van der Waals surface area contributed by atoms with Crippen LogP contribution in [0.5, 0.6) is 5.75 Å². The molecular formula is C16H24N2O3. The second-order valence-electron chi connectivity index (χ2n) is 5.24. The fourth-order valence-electron chi connectivity index (χ4n) is 2.71. The number of anilines is 1. The average molecular weight is 292 g/mol. The van der Waals surface area contributed by atoms with E-state index in [1.54, 1.807) is 7.11 Å². The number of carbonyl (C=O) groups is 1. The largest absolute Gasteiger partial charge is 0.495 e. The zero-order valence-electron chi connectivity index (χ0n) is 13.0. The van der Waals surface area contributed by atoms with Gasteiger partial charge in [0.25, 0.3) is 0 Å². The molecule has 0 N–H and O–H groups in total. The van der Waals surface area contributed by atoms with Crippen LogP contribution in [0.2, 0.25) is 0 Å². The molecule has 5 heteroatoms. The van der Waals surface area contributed by atoms with Crippen molar-refractivity contribution in [3.05, 3.63) is 24.3 Å². The number of rotatable bonds is 5. The zero-order valence-corrected chi connectivity index (χ0v) is 13.0. The molecule has 0 amide bonds. The van der Waals surface area contributed by atoms with E-state index < -0.39 is 0 Å². The van der Waals surface area contributed by atoms with Crippen molar-refractivity contribution in [3.8, 4) is 5.75 Å². The Kier molecular flexibility index (Phi) is 5.44. The first-order valence-electron chi connectivity index (χ1n) is 7.43. The van der Waals surface area contributed by atoms with Crippen LogP contribution in [0.1, 0.15) is 13.8 Å². The van der Waals surface area contributed by atoms with E-state index in [1.807, 2.05) is 25.1 Å². The van der Waals surface area contributed by atoms with Gasteiger partial charge in [-0.25, -0.2) is 0 Å². The van der Waals surface area contributed by atoms with Crippen LogP contribution in [0.3, 0.4) is 0 Å². The number of carbonyl (C=O) groups excluding carboxylic acids is 1. The molecule has 1 atom stereocenters. The van der Waals surface area contributed by atoms with Gasteiger partial charge in [0.15, 0.2) is 0 Å². The van der Waals surface area contributed by atoms with Gasteiger partial charge in [-0.3, -0.25) is 9.69 Å². The summed E-state index contributed by atoms with van der Waals surface area (Å²) in [5.74, 6) is 0.749. The minimum atomic E-state index is -0.143. The van der Waals surface area contributed by atoms with Gasteiger partial charge in [-0.1, -0.05) is 12.1 Å². The van der Waals surface area contributed by atoms with Gasteiger partial charge >= 0.3 is 5.97 Å². The monoisotopic (exact) mass is 292 g/mol. The molecule has 1 fully saturated rings. The zero-order chi connectivity index (χ0) is 15.2. The van der Waals surface area contributed by atoms with E-state index in [2.05, 4.69) is 22.8 Å². The first-order valence-corrected chi connectivity index (χ1v) is 7.43. The third-order valence-corrected chi connectivity index (χ3v) is 3.83. The Balaban J connectivity index is 1.98. The highest BCUT2D eigenvalue weighted by atomic mass is 16.5. The van der Waals surface area contributed by atoms with Crippen LogP contribution in [0.15, 0.2) is 24.3 Å². The topological polar surface area (TPSA) is 42.0 Å². The fraction of sp³-hybridized carbons (Fsp3) is 0.562. The number of methoxy groups -OCH3 is 1. The highest BCUT2D eigenvalue weighted by molar-refractivity contribution is 5.71. The Hall–Kier alpha value is -1.75. The lowest BCUT2D eigenvalue weighted by molar-refractivity contribution is -0.145. The molecule has 1 heterocycles. The second kappa shape index (κ2) is 7.31. The van der Waals surface area contributed by atoms with E-state index in [9.17, 15) is 4.79 Å². The summed E-state index contributed by atoms with van der Waals surface area (Å²) in [4.78, 5) is 16.1. The van der Waals surface area contributed by atoms with Crippen LogP contribution in [0.25, 0.3) is 0 Å². The molecule has 1 saturated heterocycles. The molecule has 0 spiro atoms. The van der Waals surface area contributed by atoms with Crippen molar-refractivity contribution in [1.29, 1.82) is 0 Å². The molecule has 1 aliphatic heterocycles. The van der Waals surface area contributed by atoms with E-state index >= 15 is 0 Å². The van der Waals surface area contributed by atoms with Crippen LogP contribution in [-0.4, -0.2) is 56.8 Å². The molecule has 21 heavy (non-hydrogen) atoms. The van der Waals surface area contributed by atoms with Crippen LogP contribution in [0, 0.1) is 0 Å². The predicted octanol–water partition coefficient (Wildman–Crippen LogP) is 1.77. The molecule has 116 valence electrons. The molecule has 0 radical (unpaired) electrons. The lowest BCUT2D eigenvalue weighted by Gasteiger charge is -2.40. The van der Waals surface area contributed by atoms with E-state index in [-0.39, 0.29) is 5.97 Å². The van der Waals surface area contributed by atoms with Gasteiger partial charge in [0.05, 0.1) is 25.9 Å². The molecule has 1 aromatic carbocycles. The van der Waals surface area contributed by atoms with Gasteiger partial charge in [0.1, 0.15) is 5.75 Å². The van der Waals surface area contributed by atoms with E-state index in [0.29, 0.717) is 19.2 Å². The lowest BCUT2D eigenvalue weighted by atomic mass is 10.1. The minimum absolute atomic E-state index is 0.143. The maximum absolute atomic E-state index is 11.6. The summed E-state index contributed by atoms with van der Waals surface area (Å²) in [6.45, 7) is 7.38. The third-order valence-electron chi connectivity index (χ3n) is 3.83. The number of ether oxygens (including phenoxy) is 2. The number of piperazine rings is 1. The van der Waals surface area contributed by atoms with Gasteiger partial charge in [-0.15, -0.1) is 0 Å². The SMILES string of the molecule is CCOC(=O)CN1CCN(c2ccccc2OC)CC1C. The summed E-state index contributed by atoms with van der Waals surface area (Å²) in [5, 5.41) is 0. The molecule has 5 nitrogen and oxygen atoms in total. The van der Waals surface area contributed by atoms with E-state index in [1.165, 1.54) is 0 Å². The van der Waals surface area contributed by atoms with Gasteiger partial charge in [-0.05, 0) is 26.0 Å². The van der Waals surface area contributed by atoms with Gasteiger partial charge in [0, 0.05) is 25.7 Å². The first kappa shape index (κ1) is 15.6. The van der Waals surface area contributed by atoms with Gasteiger partial charge in [-0.2, -0.15) is 0 Å². The van der Waals surface area contributed by atoms with Gasteiger partial charge in [0.2, 0.25) is 0 Å². The normalized spacial score (nSPS) is 19.4. The van der Waals surface area contributed by atoms with Crippen LogP contribution in [-0.2, 0) is 9.53 Å². The van der Waals surface area contributed by atoms with Crippen molar-refractivity contribution in [1.82, 2.24) is 4.90 Å². The summed E-state index contributed by atoms with van der Waals surface area (Å²) >= 11 is 0. The maximum atomic E-state index is 11.6. The van der Waals surface area contributed by atoms with Gasteiger partial charge < -0.3 is 14.4 Å². The molecule has 1 unspecified atom stereocenters. The fourth-order valence-corrected chi connectivity index (χ4v) is 2.71. The standard InChI is InChI=1S/C16H24N2O3/c1-4-21-16(19)12-17-9-10-18(11-13(17)2)14-7-5-6-8-15(14)20-3/h5-8,13H,4,9-12H2,1-3H3. The summed E-state index contributed by atoms with van der Waals surface area (Å²) in [6, 6.07) is 8.35. The van der Waals surface area contributed by atoms with E-state index in [0.717, 1.165) is 31.1 Å². The number of esters is 1. The molecule has 0 aliphatic carbocycles. The third kappa shape index (κ3) is 3.88. The Morgan fingerprint density at radius 1 is 1.33 bits per heavy atom. The average Bonchev–Trinajstić information content (AvgIpc) is 2.49. The highest BCUT2D eigenvalue weighted by Crippen LogP contribution is 2.29. The summed E-state index contributed by atoms with van der Waals surface area (Å²) < 4.78 is 10.5. The Morgan fingerprint density at radius 2 is 2.10 bits per heavy atom. The van der Waals surface area contributed by atoms with Crippen molar-refractivity contribution in [2.45, 2.75) is 19.9 Å². The molecule has 0 bridgehead atoms. The summed E-state index contributed by atoms with van der Waals surface area (Å²) in [7, 11) is 1.69. The molecule has 1 aromatic rings. The minimum Gasteiger partial charge on any atom is -0.495 e. The number of para-hydroxylation sites is 2. The number of nitrogens with zero attached hydrogens (tertiary/aromatic N) is 2. The molecule has 0 saturated carbocycles. The number of hydrogen-bond donors (Lipinski definition) is 0. The Morgan fingerprint density at radius 3 is 2.76 bits per heavy atom. The molecular weight excluding hydrogens is 268 g/mol. The van der Waals surface area contributed by atoms with E-state index in [4.69, 9.17) is 9.47 Å². The summed E-state index contributed by atoms with van der Waals surface area (Å²) in [6.07, 6.45) is 0. The van der Waals surface area contributed by atoms with Crippen molar-refractivity contribution >= 4 is 11.7 Å². The summed E-state index contributed by atoms with van der Waals surface area (Å²) in [5.41, 5.74) is 1.11. The van der Waals surface area contributed by atoms with Crippen molar-refractivity contribution in [3.63, 3.8) is 0 Å². The predicted molar refractivity (Wildman–Crippen MR) is 82.9 cm³/mol. The molecule has 2 rings (SSSR count). The first-order chi connectivity index (χ1) is 10.2. The van der Waals surface area contributed by atoms with Crippen LogP contribution >= 0.6 is 0 Å². The smallest absolute Gasteiger partial charge is 0.320 e. The quantitative estimate of drug-likeness (QED) is 0.774. The van der Waals surface area contributed by atoms with Crippen molar-refractivity contribution < 1.29 is 14.3 Å². The maximum Gasteiger partial charge on any atom is 0.320 e. The van der Waals surface area contributed by atoms with Crippen molar-refractivity contribution in [2.24, 2.45) is 0 Å². The van der Waals surface area contributed by atoms with Crippen LogP contribution < -0.4 is 9.64 Å². The Labute approximate surface area is 126 Å². The van der Waals surface area contributed by atoms with Crippen molar-refractivity contribution in [2.75, 3.05) is 44.8 Å². The lowest BCUT2D eigenvalue weighted by Crippen LogP contribution is -2.53. The second-order valence-corrected chi connectivity index (χ2v) is 5.24. The number of hydrogen-bond acceptors (Lipinski definition) is 5. The molecule has 0 aromatic heterocycles. The molecule has 1 aliphatic rings.